The highest BCUT2D eigenvalue weighted by atomic mass is 19.4. The summed E-state index contributed by atoms with van der Waals surface area (Å²) >= 11 is 0. The number of benzene rings is 1. The van der Waals surface area contributed by atoms with Gasteiger partial charge in [-0.3, -0.25) is 9.78 Å². The van der Waals surface area contributed by atoms with E-state index in [0.29, 0.717) is 31.2 Å². The number of carbonyl (C=O) groups excluding carboxylic acids is 1. The third kappa shape index (κ3) is 5.80. The van der Waals surface area contributed by atoms with Crippen molar-refractivity contribution in [2.24, 2.45) is 0 Å². The van der Waals surface area contributed by atoms with Gasteiger partial charge < -0.3 is 15.0 Å². The summed E-state index contributed by atoms with van der Waals surface area (Å²) in [4.78, 5) is 18.0. The van der Waals surface area contributed by atoms with E-state index in [1.807, 2.05) is 0 Å². The molecule has 9 heteroatoms. The number of ether oxygens (including phenoxy) is 1. The van der Waals surface area contributed by atoms with Crippen LogP contribution >= 0.6 is 0 Å². The van der Waals surface area contributed by atoms with Crippen LogP contribution in [0.15, 0.2) is 42.7 Å². The first-order valence-electron chi connectivity index (χ1n) is 12.0. The molecule has 0 spiro atoms. The molecule has 1 aromatic carbocycles. The second-order valence-electron chi connectivity index (χ2n) is 9.12. The lowest BCUT2D eigenvalue weighted by atomic mass is 9.92. The van der Waals surface area contributed by atoms with Crippen molar-refractivity contribution in [3.05, 3.63) is 48.3 Å². The quantitative estimate of drug-likeness (QED) is 0.593. The van der Waals surface area contributed by atoms with Crippen LogP contribution in [0.3, 0.4) is 0 Å². The topological polar surface area (TPSA) is 78.2 Å². The fourth-order valence-corrected chi connectivity index (χ4v) is 4.96. The van der Waals surface area contributed by atoms with E-state index in [1.54, 1.807) is 18.2 Å². The number of amides is 1. The van der Waals surface area contributed by atoms with Gasteiger partial charge in [0.1, 0.15) is 11.8 Å². The van der Waals surface area contributed by atoms with Crippen LogP contribution in [0.1, 0.15) is 44.1 Å². The normalized spacial score (nSPS) is 24.1. The minimum atomic E-state index is -4.52. The zero-order valence-electron chi connectivity index (χ0n) is 19.7. The zero-order chi connectivity index (χ0) is 25.7. The second-order valence-corrected chi connectivity index (χ2v) is 9.12. The van der Waals surface area contributed by atoms with E-state index >= 15 is 0 Å². The lowest BCUT2D eigenvalue weighted by Gasteiger charge is -2.31. The van der Waals surface area contributed by atoms with Gasteiger partial charge in [0.2, 0.25) is 5.91 Å². The van der Waals surface area contributed by atoms with Crippen molar-refractivity contribution < 1.29 is 22.7 Å². The molecule has 0 radical (unpaired) electrons. The van der Waals surface area contributed by atoms with Crippen LogP contribution in [-0.2, 0) is 11.0 Å². The Balaban J connectivity index is 1.32. The number of rotatable bonds is 6. The minimum Gasteiger partial charge on any atom is -0.490 e. The lowest BCUT2D eigenvalue weighted by molar-refractivity contribution is -0.137. The van der Waals surface area contributed by atoms with Crippen molar-refractivity contribution in [3.63, 3.8) is 0 Å². The number of halogens is 3. The minimum absolute atomic E-state index is 0.0820. The van der Waals surface area contributed by atoms with Gasteiger partial charge in [0.15, 0.2) is 0 Å². The van der Waals surface area contributed by atoms with Gasteiger partial charge in [0, 0.05) is 18.4 Å². The molecule has 36 heavy (non-hydrogen) atoms. The summed E-state index contributed by atoms with van der Waals surface area (Å²) in [5, 5.41) is 12.5. The first-order chi connectivity index (χ1) is 17.3. The maximum absolute atomic E-state index is 13.8. The summed E-state index contributed by atoms with van der Waals surface area (Å²) in [6.07, 6.45) is 7.65. The van der Waals surface area contributed by atoms with Gasteiger partial charge in [-0.1, -0.05) is 12.0 Å². The molecule has 4 rings (SSSR count). The molecule has 188 valence electrons. The molecule has 1 aromatic heterocycles. The number of carbonyl (C=O) groups is 1. The van der Waals surface area contributed by atoms with Crippen molar-refractivity contribution in [1.29, 1.82) is 5.26 Å². The van der Waals surface area contributed by atoms with E-state index in [9.17, 15) is 23.2 Å². The van der Waals surface area contributed by atoms with Gasteiger partial charge in [-0.2, -0.15) is 18.4 Å². The number of hydrogen-bond acceptors (Lipinski definition) is 5. The molecule has 1 N–H and O–H groups in total. The van der Waals surface area contributed by atoms with Gasteiger partial charge >= 0.3 is 6.18 Å². The Labute approximate surface area is 208 Å². The smallest absolute Gasteiger partial charge is 0.417 e. The van der Waals surface area contributed by atoms with Crippen LogP contribution < -0.4 is 10.1 Å². The monoisotopic (exact) mass is 496 g/mol. The molecule has 2 heterocycles. The molecule has 6 nitrogen and oxygen atoms in total. The van der Waals surface area contributed by atoms with Crippen LogP contribution in [0.25, 0.3) is 11.1 Å². The number of alkyl halides is 3. The van der Waals surface area contributed by atoms with E-state index < -0.39 is 17.8 Å². The summed E-state index contributed by atoms with van der Waals surface area (Å²) in [5.41, 5.74) is -0.227. The number of pyridine rings is 1. The molecule has 1 saturated carbocycles. The van der Waals surface area contributed by atoms with Crippen molar-refractivity contribution in [3.8, 4) is 35.3 Å². The fraction of sp³-hybridized carbons (Fsp3) is 0.444. The first kappa shape index (κ1) is 25.5. The zero-order valence-corrected chi connectivity index (χ0v) is 19.7. The predicted molar refractivity (Wildman–Crippen MR) is 127 cm³/mol. The summed E-state index contributed by atoms with van der Waals surface area (Å²) < 4.78 is 47.2. The molecule has 2 aliphatic rings. The van der Waals surface area contributed by atoms with Crippen LogP contribution in [0.4, 0.5) is 13.2 Å². The van der Waals surface area contributed by atoms with Crippen LogP contribution in [0.2, 0.25) is 0 Å². The van der Waals surface area contributed by atoms with Gasteiger partial charge in [-0.25, -0.2) is 0 Å². The Bertz CT molecular complexity index is 1130. The third-order valence-electron chi connectivity index (χ3n) is 6.82. The molecule has 1 saturated heterocycles. The second kappa shape index (κ2) is 11.0. The fourth-order valence-electron chi connectivity index (χ4n) is 4.96. The van der Waals surface area contributed by atoms with Crippen LogP contribution in [-0.4, -0.2) is 46.6 Å². The Morgan fingerprint density at radius 2 is 1.81 bits per heavy atom. The Kier molecular flexibility index (Phi) is 7.81. The highest BCUT2D eigenvalue weighted by Gasteiger charge is 2.36. The molecule has 2 fully saturated rings. The molecule has 0 unspecified atom stereocenters. The van der Waals surface area contributed by atoms with E-state index in [-0.39, 0.29) is 42.0 Å². The van der Waals surface area contributed by atoms with Crippen molar-refractivity contribution >= 4 is 5.91 Å². The maximum atomic E-state index is 13.8. The lowest BCUT2D eigenvalue weighted by Crippen LogP contribution is -2.47. The maximum Gasteiger partial charge on any atom is 0.417 e. The average Bonchev–Trinajstić information content (AvgIpc) is 3.31. The molecule has 0 bridgehead atoms. The summed E-state index contributed by atoms with van der Waals surface area (Å²) in [6, 6.07) is 8.53. The molecule has 1 aliphatic carbocycles. The predicted octanol–water partition coefficient (Wildman–Crippen LogP) is 4.56. The molecule has 1 amide bonds. The van der Waals surface area contributed by atoms with Crippen molar-refractivity contribution in [2.45, 2.75) is 68.9 Å². The summed E-state index contributed by atoms with van der Waals surface area (Å²) in [6.45, 7) is 0.0952. The highest BCUT2D eigenvalue weighted by Crippen LogP contribution is 2.39. The van der Waals surface area contributed by atoms with Crippen molar-refractivity contribution in [1.82, 2.24) is 15.2 Å². The average molecular weight is 497 g/mol. The highest BCUT2D eigenvalue weighted by molar-refractivity contribution is 5.80. The Morgan fingerprint density at radius 3 is 2.44 bits per heavy atom. The molecule has 1 aliphatic heterocycles. The molecular weight excluding hydrogens is 469 g/mol. The Morgan fingerprint density at radius 1 is 1.11 bits per heavy atom. The number of terminal acetylenes is 1. The van der Waals surface area contributed by atoms with Crippen molar-refractivity contribution in [2.75, 3.05) is 6.54 Å². The van der Waals surface area contributed by atoms with E-state index in [4.69, 9.17) is 11.2 Å². The molecular formula is C27H27F3N4O2. The van der Waals surface area contributed by atoms with E-state index in [0.717, 1.165) is 18.9 Å². The number of aromatic nitrogens is 1. The van der Waals surface area contributed by atoms with Crippen LogP contribution in [0.5, 0.6) is 5.75 Å². The number of nitrogens with zero attached hydrogens (tertiary/aromatic N) is 3. The van der Waals surface area contributed by atoms with E-state index in [2.05, 4.69) is 22.3 Å². The number of nitrogens with one attached hydrogen (secondary N) is 1. The van der Waals surface area contributed by atoms with Gasteiger partial charge in [-0.15, -0.1) is 6.42 Å². The molecule has 2 atom stereocenters. The number of nitriles is 1. The molecule has 2 aromatic rings. The number of hydrogen-bond donors (Lipinski definition) is 1. The van der Waals surface area contributed by atoms with Gasteiger partial charge in [0.25, 0.3) is 0 Å². The number of likely N-dealkylation sites (tertiary alicyclic amines) is 1. The summed E-state index contributed by atoms with van der Waals surface area (Å²) in [7, 11) is 0. The SMILES string of the molecule is C#C[C@H]1CC[C@@H](C#N)N1C(=O)CN[C@H]1CC[C@H](Oc2ccc(-c3ccncc3)c(C(F)(F)F)c2)CC1. The largest absolute Gasteiger partial charge is 0.490 e. The van der Waals surface area contributed by atoms with Crippen LogP contribution in [0, 0.1) is 23.7 Å². The van der Waals surface area contributed by atoms with Gasteiger partial charge in [0.05, 0.1) is 30.3 Å². The van der Waals surface area contributed by atoms with Gasteiger partial charge in [-0.05, 0) is 73.9 Å². The summed E-state index contributed by atoms with van der Waals surface area (Å²) in [5.74, 6) is 2.59. The van der Waals surface area contributed by atoms with E-state index in [1.165, 1.54) is 23.4 Å². The third-order valence-corrected chi connectivity index (χ3v) is 6.82. The Hall–Kier alpha value is -3.56. The first-order valence-corrected chi connectivity index (χ1v) is 12.0. The standard InChI is InChI=1S/C27H27F3N4O2/c1-2-20-5-6-21(16-31)34(20)26(35)17-33-19-3-7-22(8-4-19)36-23-9-10-24(18-11-13-32-14-12-18)25(15-23)27(28,29)30/h1,9-15,19-22,33H,3-8,17H2/t19-,20-,21-,22-/m0/s1.